The van der Waals surface area contributed by atoms with E-state index in [0.29, 0.717) is 0 Å². The van der Waals surface area contributed by atoms with Crippen LogP contribution in [0.1, 0.15) is 11.1 Å². The van der Waals surface area contributed by atoms with E-state index in [4.69, 9.17) is 0 Å². The molecule has 3 heterocycles. The van der Waals surface area contributed by atoms with Crippen LogP contribution in [0, 0.1) is 0 Å². The zero-order valence-corrected chi connectivity index (χ0v) is 30.4. The minimum Gasteiger partial charge on any atom is -0.144 e. The topological polar surface area (TPSA) is 0 Å². The first-order valence-electron chi connectivity index (χ1n) is 13.8. The fourth-order valence-electron chi connectivity index (χ4n) is 5.90. The molecular formula is C32H42S2Si4. The van der Waals surface area contributed by atoms with Gasteiger partial charge >= 0.3 is 0 Å². The van der Waals surface area contributed by atoms with Crippen LogP contribution >= 0.6 is 22.7 Å². The fraction of sp³-hybridized carbons (Fsp3) is 0.312. The maximum absolute atomic E-state index is 2.68. The van der Waals surface area contributed by atoms with E-state index in [0.717, 1.165) is 0 Å². The van der Waals surface area contributed by atoms with Crippen molar-refractivity contribution in [3.8, 4) is 9.75 Å². The molecule has 1 aliphatic heterocycles. The van der Waals surface area contributed by atoms with Crippen molar-refractivity contribution in [1.82, 2.24) is 0 Å². The summed E-state index contributed by atoms with van der Waals surface area (Å²) in [4.78, 5) is 3.23. The van der Waals surface area contributed by atoms with E-state index in [1.807, 2.05) is 0 Å². The Labute approximate surface area is 242 Å². The Bertz CT molecular complexity index is 1390. The molecule has 0 spiro atoms. The molecule has 5 rings (SSSR count). The molecule has 6 heteroatoms. The summed E-state index contributed by atoms with van der Waals surface area (Å²) in [6, 6.07) is 28.2. The zero-order chi connectivity index (χ0) is 27.7. The molecule has 2 aromatic carbocycles. The Morgan fingerprint density at radius 2 is 0.816 bits per heavy atom. The second-order valence-electron chi connectivity index (χ2n) is 13.9. The minimum absolute atomic E-state index is 1.43. The summed E-state index contributed by atoms with van der Waals surface area (Å²) in [5, 5.41) is 6.66. The highest BCUT2D eigenvalue weighted by molar-refractivity contribution is 7.37. The van der Waals surface area contributed by atoms with Crippen molar-refractivity contribution in [2.45, 2.75) is 65.5 Å². The second kappa shape index (κ2) is 9.53. The van der Waals surface area contributed by atoms with Gasteiger partial charge in [0.1, 0.15) is 16.1 Å². The maximum atomic E-state index is 2.68. The van der Waals surface area contributed by atoms with Crippen LogP contribution in [0.25, 0.3) is 20.1 Å². The minimum atomic E-state index is -2.10. The van der Waals surface area contributed by atoms with Gasteiger partial charge in [0.05, 0.1) is 16.1 Å². The van der Waals surface area contributed by atoms with E-state index >= 15 is 0 Å². The Morgan fingerprint density at radius 3 is 1.11 bits per heavy atom. The molecule has 0 amide bonds. The lowest BCUT2D eigenvalue weighted by Gasteiger charge is -2.39. The van der Waals surface area contributed by atoms with Crippen LogP contribution < -0.4 is 19.4 Å². The lowest BCUT2D eigenvalue weighted by atomic mass is 10.1. The molecule has 2 aromatic heterocycles. The molecule has 0 saturated carbocycles. The SMILES string of the molecule is C[Si](C)(C)c1cc2c(s1)-c1sc([Si](C)(C)C)cc1[Si](C)(C)/C(c1ccccc1)=C(/c1ccccc1)[Si]2(C)C. The van der Waals surface area contributed by atoms with Gasteiger partial charge in [-0.2, -0.15) is 0 Å². The standard InChI is InChI=1S/C32H42S2Si4/c1-35(2,3)27-21-25-29(33-27)30-26(22-28(34-30)36(4,5)6)38(9,10)32(24-19-15-12-16-20-24)31(37(25,7)8)23-17-13-11-14-18-23/h11-22H,1-10H3/b32-31-. The lowest BCUT2D eigenvalue weighted by molar-refractivity contribution is 1.59. The molecule has 0 fully saturated rings. The van der Waals surface area contributed by atoms with Gasteiger partial charge < -0.3 is 0 Å². The molecule has 198 valence electrons. The molecule has 4 aromatic rings. The number of benzene rings is 2. The van der Waals surface area contributed by atoms with Gasteiger partial charge in [-0.25, -0.2) is 0 Å². The summed E-state index contributed by atoms with van der Waals surface area (Å²) in [6.07, 6.45) is 0. The molecular weight excluding hydrogens is 561 g/mol. The fourth-order valence-corrected chi connectivity index (χ4v) is 22.5. The molecule has 0 bridgehead atoms. The Morgan fingerprint density at radius 1 is 0.500 bits per heavy atom. The van der Waals surface area contributed by atoms with Gasteiger partial charge in [0.25, 0.3) is 0 Å². The van der Waals surface area contributed by atoms with Crippen molar-refractivity contribution >= 4 is 84.7 Å². The van der Waals surface area contributed by atoms with E-state index in [2.05, 4.69) is 161 Å². The summed E-state index contributed by atoms with van der Waals surface area (Å²) >= 11 is 4.30. The molecule has 0 N–H and O–H groups in total. The highest BCUT2D eigenvalue weighted by atomic mass is 32.1. The van der Waals surface area contributed by atoms with Crippen molar-refractivity contribution in [3.63, 3.8) is 0 Å². The van der Waals surface area contributed by atoms with Crippen molar-refractivity contribution in [1.29, 1.82) is 0 Å². The highest BCUT2D eigenvalue weighted by Gasteiger charge is 2.46. The normalized spacial score (nSPS) is 18.9. The summed E-state index contributed by atoms with van der Waals surface area (Å²) in [5.41, 5.74) is 2.86. The third-order valence-corrected chi connectivity index (χ3v) is 25.4. The summed E-state index contributed by atoms with van der Waals surface area (Å²) < 4.78 is 3.32. The zero-order valence-electron chi connectivity index (χ0n) is 24.7. The largest absolute Gasteiger partial charge is 0.144 e. The van der Waals surface area contributed by atoms with E-state index in [9.17, 15) is 0 Å². The van der Waals surface area contributed by atoms with Crippen LogP contribution in [0.2, 0.25) is 65.5 Å². The van der Waals surface area contributed by atoms with Crippen LogP contribution in [0.15, 0.2) is 72.8 Å². The summed E-state index contributed by atoms with van der Waals surface area (Å²) in [7, 11) is -7.12. The van der Waals surface area contributed by atoms with Gasteiger partial charge in [0.15, 0.2) is 0 Å². The van der Waals surface area contributed by atoms with Gasteiger partial charge in [0, 0.05) is 9.75 Å². The predicted octanol–water partition coefficient (Wildman–Crippen LogP) is 8.10. The van der Waals surface area contributed by atoms with Crippen molar-refractivity contribution in [2.75, 3.05) is 0 Å². The Kier molecular flexibility index (Phi) is 7.02. The number of thiophene rings is 2. The van der Waals surface area contributed by atoms with Gasteiger partial charge in [-0.15, -0.1) is 22.7 Å². The molecule has 0 nitrogen and oxygen atoms in total. The average molecular weight is 603 g/mol. The van der Waals surface area contributed by atoms with Crippen molar-refractivity contribution < 1.29 is 0 Å². The van der Waals surface area contributed by atoms with Gasteiger partial charge in [-0.1, -0.05) is 138 Å². The molecule has 0 atom stereocenters. The average Bonchev–Trinajstić information content (AvgIpc) is 3.48. The molecule has 0 aliphatic carbocycles. The van der Waals surface area contributed by atoms with Crippen LogP contribution in [-0.2, 0) is 0 Å². The molecule has 0 radical (unpaired) electrons. The van der Waals surface area contributed by atoms with Gasteiger partial charge in [-0.05, 0) is 40.9 Å². The summed E-state index contributed by atoms with van der Waals surface area (Å²) in [6.45, 7) is 25.7. The number of hydrogen-bond donors (Lipinski definition) is 0. The third-order valence-electron chi connectivity index (χ3n) is 8.12. The monoisotopic (exact) mass is 602 g/mol. The van der Waals surface area contributed by atoms with Crippen molar-refractivity contribution in [3.05, 3.63) is 83.9 Å². The van der Waals surface area contributed by atoms with E-state index in [1.165, 1.54) is 11.1 Å². The molecule has 38 heavy (non-hydrogen) atoms. The molecule has 1 aliphatic rings. The maximum Gasteiger partial charge on any atom is 0.114 e. The van der Waals surface area contributed by atoms with Crippen LogP contribution in [0.5, 0.6) is 0 Å². The van der Waals surface area contributed by atoms with E-state index in [1.54, 1.807) is 39.5 Å². The third kappa shape index (κ3) is 4.71. The second-order valence-corrected chi connectivity index (χ2v) is 35.4. The number of hydrogen-bond acceptors (Lipinski definition) is 2. The lowest BCUT2D eigenvalue weighted by Crippen LogP contribution is -2.52. The van der Waals surface area contributed by atoms with Crippen molar-refractivity contribution in [2.24, 2.45) is 0 Å². The Balaban J connectivity index is 2.01. The molecule has 0 saturated heterocycles. The van der Waals surface area contributed by atoms with E-state index in [-0.39, 0.29) is 0 Å². The van der Waals surface area contributed by atoms with Crippen LogP contribution in [-0.4, -0.2) is 32.3 Å². The van der Waals surface area contributed by atoms with Crippen LogP contribution in [0.3, 0.4) is 0 Å². The first-order valence-corrected chi connectivity index (χ1v) is 28.4. The molecule has 0 unspecified atom stereocenters. The quantitative estimate of drug-likeness (QED) is 0.207. The smallest absolute Gasteiger partial charge is 0.114 e. The van der Waals surface area contributed by atoms with E-state index < -0.39 is 32.3 Å². The first-order chi connectivity index (χ1) is 17.6. The van der Waals surface area contributed by atoms with Gasteiger partial charge in [0.2, 0.25) is 0 Å². The first kappa shape index (κ1) is 28.0. The van der Waals surface area contributed by atoms with Gasteiger partial charge in [-0.3, -0.25) is 0 Å². The predicted molar refractivity (Wildman–Crippen MR) is 188 cm³/mol. The highest BCUT2D eigenvalue weighted by Crippen LogP contribution is 2.44. The number of rotatable bonds is 4. The Hall–Kier alpha value is -1.55. The summed E-state index contributed by atoms with van der Waals surface area (Å²) in [5.74, 6) is 0. The number of fused-ring (bicyclic) bond motifs is 3. The van der Waals surface area contributed by atoms with Crippen LogP contribution in [0.4, 0.5) is 0 Å².